The van der Waals surface area contributed by atoms with Gasteiger partial charge in [-0.15, -0.1) is 4.33 Å². The summed E-state index contributed by atoms with van der Waals surface area (Å²) >= 11 is 0.713. The Morgan fingerprint density at radius 1 is 0.516 bits per heavy atom. The van der Waals surface area contributed by atoms with Crippen molar-refractivity contribution in [3.8, 4) is 0 Å². The number of nitrogens with two attached hydrogens (primary N) is 2. The molecule has 26 N–H and O–H groups in total. The number of anilines is 1. The molecule has 9 atom stereocenters. The van der Waals surface area contributed by atoms with Crippen molar-refractivity contribution in [3.63, 3.8) is 0 Å². The van der Waals surface area contributed by atoms with E-state index in [0.717, 1.165) is 0 Å². The zero-order valence-electron chi connectivity index (χ0n) is 68.3. The number of hydrazone groups is 1. The molecule has 2 saturated heterocycles. The van der Waals surface area contributed by atoms with Crippen LogP contribution in [0.4, 0.5) is 5.82 Å². The van der Waals surface area contributed by atoms with E-state index in [9.17, 15) is 86.9 Å². The summed E-state index contributed by atoms with van der Waals surface area (Å²) in [7, 11) is 0. The first-order valence-electron chi connectivity index (χ1n) is 40.1. The molecule has 0 bridgehead atoms. The second-order valence-electron chi connectivity index (χ2n) is 28.8. The minimum atomic E-state index is -1.75. The summed E-state index contributed by atoms with van der Waals surface area (Å²) in [6, 6.07) is 20.7. The number of benzene rings is 4. The first-order chi connectivity index (χ1) is 60.5. The number of aliphatic carboxylic acids is 2. The average Bonchev–Trinajstić information content (AvgIpc) is 1.64. The minimum Gasteiger partial charge on any atom is -0.481 e. The van der Waals surface area contributed by atoms with Crippen molar-refractivity contribution < 1.29 is 102 Å². The lowest BCUT2D eigenvalue weighted by Crippen LogP contribution is -2.58. The third-order valence-electron chi connectivity index (χ3n) is 19.1. The summed E-state index contributed by atoms with van der Waals surface area (Å²) in [6.07, 6.45) is 0.644. The molecule has 14 amide bonds. The number of pyridine rings is 1. The second-order valence-corrected chi connectivity index (χ2v) is 29.5. The number of aromatic nitrogens is 1. The molecular formula is C81H103N23O21S. The first kappa shape index (κ1) is 98.6. The minimum absolute atomic E-state index is 0.00845. The summed E-state index contributed by atoms with van der Waals surface area (Å²) in [6.45, 7) is -1.73. The molecule has 1 aromatic heterocycles. The first-order valence-corrected chi connectivity index (χ1v) is 40.8. The van der Waals surface area contributed by atoms with Crippen LogP contribution < -0.4 is 102 Å². The van der Waals surface area contributed by atoms with E-state index in [0.29, 0.717) is 39.2 Å². The normalized spacial score (nSPS) is 19.1. The molecule has 45 heteroatoms. The van der Waals surface area contributed by atoms with Gasteiger partial charge in [0.15, 0.2) is 11.9 Å². The maximum Gasteiger partial charge on any atom is 0.305 e. The summed E-state index contributed by atoms with van der Waals surface area (Å²) in [5.41, 5.74) is 15.2. The molecule has 0 spiro atoms. The maximum atomic E-state index is 14.8. The van der Waals surface area contributed by atoms with Crippen LogP contribution in [-0.4, -0.2) is 227 Å². The van der Waals surface area contributed by atoms with Crippen LogP contribution in [0.1, 0.15) is 123 Å². The fourth-order valence-electron chi connectivity index (χ4n) is 12.6. The Morgan fingerprint density at radius 3 is 1.43 bits per heavy atom. The van der Waals surface area contributed by atoms with Crippen LogP contribution in [0.5, 0.6) is 0 Å². The van der Waals surface area contributed by atoms with Gasteiger partial charge in [-0.25, -0.2) is 10.2 Å². The van der Waals surface area contributed by atoms with Crippen molar-refractivity contribution >= 4 is 137 Å². The SMILES string of the molecule is N=C(N)NCCC[C@@H]1NC(=O)[C@H](CCCCNC(=O)CCC(NC(=O)/C(=C/c2ccccc2)NC(=O)c2ccc(NN=Cc3ccccc3SOOO)nc2)C(=O)NCCCC[C@@H]2NC(=O)[C@@H](Cc3ccccc3)NC(=O)[C@H](CC(=O)O)NC(=O)CNC(=O)[C@H](CCCNC(=N)N)NC2=O)NC(=O)[C@@H](Cc2ccccc2)NC(=O)[C@H](CC(=O)O)NC(=O)CNC1=O. The van der Waals surface area contributed by atoms with Crippen molar-refractivity contribution in [1.82, 2.24) is 90.1 Å². The Kier molecular flexibility index (Phi) is 41.3. The number of carboxylic acids is 2. The zero-order valence-corrected chi connectivity index (χ0v) is 69.1. The van der Waals surface area contributed by atoms with Gasteiger partial charge in [-0.3, -0.25) is 93.0 Å². The fraction of sp³-hybridized carbons (Fsp3) is 0.383. The molecular weight excluding hydrogens is 1660 g/mol. The number of carboxylic acid groups (broad SMARTS) is 2. The number of amides is 14. The fourth-order valence-corrected chi connectivity index (χ4v) is 13.1. The van der Waals surface area contributed by atoms with Crippen molar-refractivity contribution in [2.24, 2.45) is 16.6 Å². The Morgan fingerprint density at radius 2 is 0.952 bits per heavy atom. The quantitative estimate of drug-likeness (QED) is 0.00371. The molecule has 1 unspecified atom stereocenters. The molecule has 0 saturated carbocycles. The lowest BCUT2D eigenvalue weighted by molar-refractivity contribution is -0.432. The highest BCUT2D eigenvalue weighted by Gasteiger charge is 2.37. The predicted molar refractivity (Wildman–Crippen MR) is 454 cm³/mol. The van der Waals surface area contributed by atoms with Crippen molar-refractivity contribution in [3.05, 3.63) is 167 Å². The molecule has 4 aromatic carbocycles. The van der Waals surface area contributed by atoms with Gasteiger partial charge in [0.1, 0.15) is 65.9 Å². The van der Waals surface area contributed by atoms with E-state index in [1.807, 2.05) is 0 Å². The molecule has 3 heterocycles. The van der Waals surface area contributed by atoms with Crippen molar-refractivity contribution in [2.45, 2.75) is 162 Å². The largest absolute Gasteiger partial charge is 0.481 e. The van der Waals surface area contributed by atoms with Gasteiger partial charge in [0.05, 0.1) is 49.8 Å². The highest BCUT2D eigenvalue weighted by Crippen LogP contribution is 2.23. The molecule has 5 aromatic rings. The molecule has 7 rings (SSSR count). The van der Waals surface area contributed by atoms with Gasteiger partial charge in [0.25, 0.3) is 11.8 Å². The molecule has 126 heavy (non-hydrogen) atoms. The molecule has 0 radical (unpaired) electrons. The van der Waals surface area contributed by atoms with Crippen molar-refractivity contribution in [1.29, 1.82) is 10.8 Å². The van der Waals surface area contributed by atoms with E-state index in [-0.39, 0.29) is 127 Å². The van der Waals surface area contributed by atoms with Crippen molar-refractivity contribution in [2.75, 3.05) is 44.7 Å². The number of hydrogen-bond donors (Lipinski definition) is 24. The zero-order chi connectivity index (χ0) is 91.3. The van der Waals surface area contributed by atoms with Gasteiger partial charge < -0.3 is 107 Å². The molecule has 0 aliphatic carbocycles. The number of nitrogens with zero attached hydrogens (tertiary/aromatic N) is 2. The number of nitrogens with one attached hydrogen (secondary N) is 19. The average molecular weight is 1770 g/mol. The lowest BCUT2D eigenvalue weighted by Gasteiger charge is -2.26. The number of hydrogen-bond acceptors (Lipinski definition) is 25. The van der Waals surface area contributed by atoms with E-state index in [1.54, 1.807) is 115 Å². The third-order valence-corrected chi connectivity index (χ3v) is 19.7. The number of carbonyl (C=O) groups is 16. The van der Waals surface area contributed by atoms with Crippen LogP contribution in [-0.2, 0) is 94.1 Å². The molecule has 2 aliphatic rings. The summed E-state index contributed by atoms with van der Waals surface area (Å²) in [5.74, 6) is -16.5. The smallest absolute Gasteiger partial charge is 0.305 e. The topological polar surface area (TPSA) is 682 Å². The number of carbonyl (C=O) groups excluding carboxylic acids is 14. The predicted octanol–water partition coefficient (Wildman–Crippen LogP) is -2.34. The number of unbranched alkanes of at least 4 members (excludes halogenated alkanes) is 2. The Balaban J connectivity index is 1.12. The number of rotatable bonds is 41. The van der Waals surface area contributed by atoms with Crippen LogP contribution in [0.2, 0.25) is 0 Å². The third kappa shape index (κ3) is 35.9. The van der Waals surface area contributed by atoms with Gasteiger partial charge >= 0.3 is 11.9 Å². The van der Waals surface area contributed by atoms with Crippen LogP contribution in [0, 0.1) is 10.8 Å². The highest BCUT2D eigenvalue weighted by atomic mass is 32.2. The highest BCUT2D eigenvalue weighted by molar-refractivity contribution is 7.94. The van der Waals surface area contributed by atoms with Gasteiger partial charge in [0, 0.05) is 62.1 Å². The van der Waals surface area contributed by atoms with E-state index in [4.69, 9.17) is 27.5 Å². The summed E-state index contributed by atoms with van der Waals surface area (Å²) in [4.78, 5) is 226. The van der Waals surface area contributed by atoms with Crippen LogP contribution in [0.25, 0.3) is 6.08 Å². The Bertz CT molecular complexity index is 4690. The molecule has 674 valence electrons. The Labute approximate surface area is 726 Å². The van der Waals surface area contributed by atoms with Gasteiger partial charge in [-0.1, -0.05) is 114 Å². The van der Waals surface area contributed by atoms with E-state index < -0.39 is 193 Å². The van der Waals surface area contributed by atoms with E-state index in [2.05, 4.69) is 110 Å². The van der Waals surface area contributed by atoms with Crippen LogP contribution in [0.15, 0.2) is 149 Å². The van der Waals surface area contributed by atoms with Gasteiger partial charge in [-0.05, 0) is 112 Å². The molecule has 44 nitrogen and oxygen atoms in total. The van der Waals surface area contributed by atoms with Crippen LogP contribution >= 0.6 is 12.0 Å². The number of guanidine groups is 2. The van der Waals surface area contributed by atoms with Gasteiger partial charge in [0.2, 0.25) is 70.9 Å². The Hall–Kier alpha value is -14.5. The van der Waals surface area contributed by atoms with E-state index >= 15 is 0 Å². The standard InChI is InChI=1S/C81H103N23O21S/c82-80(83)88-36-16-27-52-71(114)91-45-65(106)94-60(41-67(108)109)78(121)102-58(39-48-20-6-2-7-21-48)76(119)98-54(73(116)96-52)25-12-14-34-86-64(105)33-31-56(100-75(118)57(38-47-18-4-1-5-19-47)101-69(112)51-30-32-63(90-43-51)104-93-44-50-24-10-11-29-62(50)126-125-124-123)70(113)87-35-15-13-26-55-74(117)97-53(28-17-37-89-81(84)85)72(115)92-46-66(107)95-61(42-68(110)111)79(122)103-59(77(120)99-55)40-49-22-8-3-9-23-49/h1-11,18-24,29-30,32,38,43-44,52-56,58-61,123H,12-17,25-28,31,33-37,39-42,45-46H2,(H,86,105)(H,87,113)(H,90,104)(H,91,114)(H,92,115)(H,94,106)(H,95,107)(H,96,116)(H,97,117)(H,98,119)(H,99,120)(H,100,118)(H,101,112)(H,102,121)(H,103,122)(H,108,109)(H,110,111)(H4,82,83,88)(H4,84,85,89)/b57-38-,93-44?/t52-,53-,54-,55-,56?,58+,59+,60-,61-/m0/s1. The summed E-state index contributed by atoms with van der Waals surface area (Å²) in [5, 5.41) is 92.0. The maximum absolute atomic E-state index is 14.8. The second kappa shape index (κ2) is 52.8. The monoisotopic (exact) mass is 1770 g/mol. The lowest BCUT2D eigenvalue weighted by atomic mass is 10.0. The van der Waals surface area contributed by atoms with E-state index in [1.165, 1.54) is 30.6 Å². The van der Waals surface area contributed by atoms with Crippen LogP contribution in [0.3, 0.4) is 0 Å². The summed E-state index contributed by atoms with van der Waals surface area (Å²) < 4.78 is 4.55. The van der Waals surface area contributed by atoms with Gasteiger partial charge in [-0.2, -0.15) is 5.10 Å². The molecule has 2 aliphatic heterocycles. The molecule has 2 fully saturated rings.